The zero-order valence-electron chi connectivity index (χ0n) is 11.0. The van der Waals surface area contributed by atoms with Gasteiger partial charge in [0.1, 0.15) is 0 Å². The summed E-state index contributed by atoms with van der Waals surface area (Å²) in [7, 11) is 1.62. The Balaban J connectivity index is 1.69. The van der Waals surface area contributed by atoms with Crippen LogP contribution in [0.2, 0.25) is 0 Å². The van der Waals surface area contributed by atoms with Crippen molar-refractivity contribution < 1.29 is 14.3 Å². The number of piperidine rings is 1. The van der Waals surface area contributed by atoms with Crippen molar-refractivity contribution in [2.45, 2.75) is 32.1 Å². The van der Waals surface area contributed by atoms with Crippen LogP contribution in [0.25, 0.3) is 0 Å². The van der Waals surface area contributed by atoms with Crippen LogP contribution < -0.4 is 5.32 Å². The Morgan fingerprint density at radius 2 is 2.22 bits per heavy atom. The maximum atomic E-state index is 11.9. The van der Waals surface area contributed by atoms with Gasteiger partial charge in [-0.25, -0.2) is 0 Å². The molecule has 0 bridgehead atoms. The lowest BCUT2D eigenvalue weighted by Gasteiger charge is -2.27. The van der Waals surface area contributed by atoms with Crippen LogP contribution >= 0.6 is 0 Å². The molecule has 0 aromatic rings. The average molecular weight is 254 g/mol. The lowest BCUT2D eigenvalue weighted by molar-refractivity contribution is -0.134. The number of carbonyl (C=O) groups is 2. The number of methoxy groups -OCH3 is 1. The molecule has 2 fully saturated rings. The van der Waals surface area contributed by atoms with Crippen LogP contribution in [0.5, 0.6) is 0 Å². The molecule has 1 aliphatic carbocycles. The molecule has 0 atom stereocenters. The third-order valence-corrected chi connectivity index (χ3v) is 3.84. The number of nitrogens with zero attached hydrogens (tertiary/aromatic N) is 1. The van der Waals surface area contributed by atoms with Crippen LogP contribution in [-0.4, -0.2) is 50.1 Å². The maximum Gasteiger partial charge on any atom is 0.228 e. The summed E-state index contributed by atoms with van der Waals surface area (Å²) in [6.07, 6.45) is 4.55. The van der Waals surface area contributed by atoms with E-state index < -0.39 is 0 Å². The van der Waals surface area contributed by atoms with Crippen molar-refractivity contribution in [3.8, 4) is 0 Å². The summed E-state index contributed by atoms with van der Waals surface area (Å²) in [6, 6.07) is 0. The summed E-state index contributed by atoms with van der Waals surface area (Å²) >= 11 is 0. The van der Waals surface area contributed by atoms with Gasteiger partial charge in [-0.05, 0) is 25.7 Å². The number of rotatable bonds is 6. The Bertz CT molecular complexity index is 326. The molecule has 0 unspecified atom stereocenters. The fraction of sp³-hybridized carbons (Fsp3) is 0.846. The number of nitrogens with one attached hydrogen (secondary N) is 1. The first-order valence-electron chi connectivity index (χ1n) is 6.73. The second-order valence-corrected chi connectivity index (χ2v) is 5.31. The summed E-state index contributed by atoms with van der Waals surface area (Å²) in [5, 5.41) is 2.93. The van der Waals surface area contributed by atoms with E-state index in [4.69, 9.17) is 4.74 Å². The minimum absolute atomic E-state index is 0.0776. The SMILES string of the molecule is COCC1(C(=O)NCCN2CCCCC2=O)CC1. The number of carbonyl (C=O) groups excluding carboxylic acids is 2. The van der Waals surface area contributed by atoms with E-state index in [9.17, 15) is 9.59 Å². The highest BCUT2D eigenvalue weighted by atomic mass is 16.5. The van der Waals surface area contributed by atoms with E-state index in [1.807, 2.05) is 4.90 Å². The lowest BCUT2D eigenvalue weighted by atomic mass is 10.1. The van der Waals surface area contributed by atoms with Gasteiger partial charge >= 0.3 is 0 Å². The number of ether oxygens (including phenoxy) is 1. The Morgan fingerprint density at radius 3 is 2.83 bits per heavy atom. The standard InChI is InChI=1S/C13H22N2O3/c1-18-10-13(5-6-13)12(17)14-7-9-15-8-3-2-4-11(15)16/h2-10H2,1H3,(H,14,17). The van der Waals surface area contributed by atoms with Crippen molar-refractivity contribution in [2.24, 2.45) is 5.41 Å². The monoisotopic (exact) mass is 254 g/mol. The molecule has 1 N–H and O–H groups in total. The zero-order valence-corrected chi connectivity index (χ0v) is 11.0. The summed E-state index contributed by atoms with van der Waals surface area (Å²) in [5.41, 5.74) is -0.277. The molecular formula is C13H22N2O3. The molecule has 18 heavy (non-hydrogen) atoms. The smallest absolute Gasteiger partial charge is 0.228 e. The second kappa shape index (κ2) is 5.69. The van der Waals surface area contributed by atoms with E-state index in [1.165, 1.54) is 0 Å². The van der Waals surface area contributed by atoms with Gasteiger partial charge in [-0.15, -0.1) is 0 Å². The third kappa shape index (κ3) is 3.02. The summed E-state index contributed by atoms with van der Waals surface area (Å²) in [4.78, 5) is 25.4. The first-order chi connectivity index (χ1) is 8.68. The predicted molar refractivity (Wildman–Crippen MR) is 67.0 cm³/mol. The Hall–Kier alpha value is -1.10. The minimum Gasteiger partial charge on any atom is -0.384 e. The molecule has 0 aromatic carbocycles. The van der Waals surface area contributed by atoms with E-state index in [0.29, 0.717) is 26.1 Å². The molecule has 1 saturated carbocycles. The van der Waals surface area contributed by atoms with Crippen molar-refractivity contribution in [3.63, 3.8) is 0 Å². The minimum atomic E-state index is -0.277. The van der Waals surface area contributed by atoms with Gasteiger partial charge in [0.2, 0.25) is 11.8 Å². The summed E-state index contributed by atoms with van der Waals surface area (Å²) < 4.78 is 5.08. The first-order valence-corrected chi connectivity index (χ1v) is 6.73. The van der Waals surface area contributed by atoms with Crippen molar-refractivity contribution in [1.82, 2.24) is 10.2 Å². The molecule has 5 heteroatoms. The van der Waals surface area contributed by atoms with Gasteiger partial charge in [-0.2, -0.15) is 0 Å². The zero-order chi connectivity index (χ0) is 13.0. The van der Waals surface area contributed by atoms with Crippen LogP contribution in [0, 0.1) is 5.41 Å². The van der Waals surface area contributed by atoms with E-state index in [1.54, 1.807) is 7.11 Å². The fourth-order valence-electron chi connectivity index (χ4n) is 2.45. The molecular weight excluding hydrogens is 232 g/mol. The molecule has 1 saturated heterocycles. The molecule has 0 spiro atoms. The van der Waals surface area contributed by atoms with Crippen molar-refractivity contribution >= 4 is 11.8 Å². The molecule has 0 radical (unpaired) electrons. The van der Waals surface area contributed by atoms with Gasteiger partial charge in [-0.3, -0.25) is 9.59 Å². The highest BCUT2D eigenvalue weighted by molar-refractivity contribution is 5.85. The summed E-state index contributed by atoms with van der Waals surface area (Å²) in [6.45, 7) is 2.52. The topological polar surface area (TPSA) is 58.6 Å². The van der Waals surface area contributed by atoms with Gasteiger partial charge in [0.05, 0.1) is 12.0 Å². The Morgan fingerprint density at radius 1 is 1.44 bits per heavy atom. The quantitative estimate of drug-likeness (QED) is 0.752. The van der Waals surface area contributed by atoms with E-state index >= 15 is 0 Å². The second-order valence-electron chi connectivity index (χ2n) is 5.31. The third-order valence-electron chi connectivity index (χ3n) is 3.84. The highest BCUT2D eigenvalue weighted by Crippen LogP contribution is 2.45. The molecule has 0 aromatic heterocycles. The Kier molecular flexibility index (Phi) is 4.22. The van der Waals surface area contributed by atoms with E-state index in [-0.39, 0.29) is 17.2 Å². The van der Waals surface area contributed by atoms with Gasteiger partial charge < -0.3 is 15.0 Å². The van der Waals surface area contributed by atoms with Gasteiger partial charge in [0.15, 0.2) is 0 Å². The molecule has 1 heterocycles. The average Bonchev–Trinajstić information content (AvgIpc) is 3.13. The van der Waals surface area contributed by atoms with Crippen LogP contribution in [0.4, 0.5) is 0 Å². The van der Waals surface area contributed by atoms with Crippen LogP contribution in [0.15, 0.2) is 0 Å². The maximum absolute atomic E-state index is 11.9. The van der Waals surface area contributed by atoms with Crippen LogP contribution in [0.3, 0.4) is 0 Å². The largest absolute Gasteiger partial charge is 0.384 e. The van der Waals surface area contributed by atoms with E-state index in [2.05, 4.69) is 5.32 Å². The fourth-order valence-corrected chi connectivity index (χ4v) is 2.45. The molecule has 2 aliphatic rings. The number of hydrogen-bond acceptors (Lipinski definition) is 3. The van der Waals surface area contributed by atoms with Crippen LogP contribution in [0.1, 0.15) is 32.1 Å². The lowest BCUT2D eigenvalue weighted by Crippen LogP contribution is -2.43. The molecule has 5 nitrogen and oxygen atoms in total. The molecule has 2 rings (SSSR count). The predicted octanol–water partition coefficient (Wildman–Crippen LogP) is 0.542. The normalized spacial score (nSPS) is 21.8. The van der Waals surface area contributed by atoms with E-state index in [0.717, 1.165) is 32.2 Å². The van der Waals surface area contributed by atoms with Crippen molar-refractivity contribution in [2.75, 3.05) is 33.4 Å². The van der Waals surface area contributed by atoms with Gasteiger partial charge in [0.25, 0.3) is 0 Å². The number of likely N-dealkylation sites (tertiary alicyclic amines) is 1. The van der Waals surface area contributed by atoms with Gasteiger partial charge in [0, 0.05) is 33.2 Å². The van der Waals surface area contributed by atoms with Gasteiger partial charge in [-0.1, -0.05) is 0 Å². The first kappa shape index (κ1) is 13.3. The number of amides is 2. The molecule has 102 valence electrons. The summed E-state index contributed by atoms with van der Waals surface area (Å²) in [5.74, 6) is 0.294. The molecule has 1 aliphatic heterocycles. The van der Waals surface area contributed by atoms with Crippen molar-refractivity contribution in [1.29, 1.82) is 0 Å². The van der Waals surface area contributed by atoms with Crippen molar-refractivity contribution in [3.05, 3.63) is 0 Å². The molecule has 2 amide bonds. The van der Waals surface area contributed by atoms with Crippen LogP contribution in [-0.2, 0) is 14.3 Å². The highest BCUT2D eigenvalue weighted by Gasteiger charge is 2.49. The Labute approximate surface area is 108 Å². The number of hydrogen-bond donors (Lipinski definition) is 1.